The van der Waals surface area contributed by atoms with Gasteiger partial charge in [0.15, 0.2) is 0 Å². The number of benzene rings is 1. The third-order valence-electron chi connectivity index (χ3n) is 4.29. The number of carboxylic acid groups (broad SMARTS) is 1. The standard InChI is InChI=1S/C19H25N3O4/c1-12(2)9-14(19(25)26)10-20-16(23)7-8-22-11-21-17-13(3)5-4-6-15(17)18(22)24/h4-6,11-12,14H,7-10H2,1-3H3,(H,20,23)(H,25,26). The van der Waals surface area contributed by atoms with Crippen LogP contribution in [0.4, 0.5) is 0 Å². The highest BCUT2D eigenvalue weighted by atomic mass is 16.4. The number of aryl methyl sites for hydroxylation is 2. The SMILES string of the molecule is Cc1cccc2c(=O)n(CCC(=O)NCC(CC(C)C)C(=O)O)cnc12. The molecule has 0 aliphatic rings. The second-order valence-corrected chi connectivity index (χ2v) is 6.93. The van der Waals surface area contributed by atoms with Crippen molar-refractivity contribution in [3.05, 3.63) is 40.4 Å². The summed E-state index contributed by atoms with van der Waals surface area (Å²) in [6.45, 7) is 6.07. The van der Waals surface area contributed by atoms with Crippen LogP contribution in [-0.4, -0.2) is 33.1 Å². The van der Waals surface area contributed by atoms with Crippen molar-refractivity contribution < 1.29 is 14.7 Å². The topological polar surface area (TPSA) is 101 Å². The van der Waals surface area contributed by atoms with Crippen molar-refractivity contribution in [3.63, 3.8) is 0 Å². The monoisotopic (exact) mass is 359 g/mol. The summed E-state index contributed by atoms with van der Waals surface area (Å²) < 4.78 is 1.41. The highest BCUT2D eigenvalue weighted by Crippen LogP contribution is 2.12. The molecular formula is C19H25N3O4. The molecule has 7 heteroatoms. The number of carbonyl (C=O) groups is 2. The van der Waals surface area contributed by atoms with Gasteiger partial charge in [0.2, 0.25) is 5.91 Å². The number of carbonyl (C=O) groups excluding carboxylic acids is 1. The van der Waals surface area contributed by atoms with E-state index in [4.69, 9.17) is 0 Å². The van der Waals surface area contributed by atoms with Crippen molar-refractivity contribution in [2.45, 2.75) is 40.2 Å². The minimum atomic E-state index is -0.913. The summed E-state index contributed by atoms with van der Waals surface area (Å²) in [5.74, 6) is -1.56. The second kappa shape index (κ2) is 8.60. The molecule has 2 aromatic rings. The van der Waals surface area contributed by atoms with Crippen LogP contribution >= 0.6 is 0 Å². The van der Waals surface area contributed by atoms with Crippen molar-refractivity contribution in [1.29, 1.82) is 0 Å². The van der Waals surface area contributed by atoms with Gasteiger partial charge in [-0.3, -0.25) is 19.0 Å². The summed E-state index contributed by atoms with van der Waals surface area (Å²) in [6.07, 6.45) is 2.04. The molecule has 1 amide bonds. The van der Waals surface area contributed by atoms with E-state index >= 15 is 0 Å². The van der Waals surface area contributed by atoms with Crippen molar-refractivity contribution in [2.75, 3.05) is 6.54 Å². The predicted molar refractivity (Wildman–Crippen MR) is 98.9 cm³/mol. The number of aromatic nitrogens is 2. The fourth-order valence-electron chi connectivity index (χ4n) is 2.88. The lowest BCUT2D eigenvalue weighted by Crippen LogP contribution is -2.34. The van der Waals surface area contributed by atoms with E-state index in [1.54, 1.807) is 12.1 Å². The molecule has 7 nitrogen and oxygen atoms in total. The predicted octanol–water partition coefficient (Wildman–Crippen LogP) is 1.96. The zero-order valence-corrected chi connectivity index (χ0v) is 15.4. The van der Waals surface area contributed by atoms with E-state index in [1.165, 1.54) is 10.9 Å². The quantitative estimate of drug-likeness (QED) is 0.750. The molecule has 1 aromatic carbocycles. The van der Waals surface area contributed by atoms with Gasteiger partial charge in [-0.25, -0.2) is 4.98 Å². The Morgan fingerprint density at radius 3 is 2.69 bits per heavy atom. The number of hydrogen-bond acceptors (Lipinski definition) is 4. The van der Waals surface area contributed by atoms with E-state index in [1.807, 2.05) is 26.8 Å². The molecule has 0 spiro atoms. The lowest BCUT2D eigenvalue weighted by Gasteiger charge is -2.15. The van der Waals surface area contributed by atoms with Gasteiger partial charge in [-0.2, -0.15) is 0 Å². The Morgan fingerprint density at radius 1 is 1.31 bits per heavy atom. The Bertz CT molecular complexity index is 857. The minimum absolute atomic E-state index is 0.0902. The third kappa shape index (κ3) is 4.91. The van der Waals surface area contributed by atoms with Gasteiger partial charge in [0, 0.05) is 19.5 Å². The maximum atomic E-state index is 12.5. The number of amides is 1. The first-order chi connectivity index (χ1) is 12.3. The van der Waals surface area contributed by atoms with Gasteiger partial charge in [0.05, 0.1) is 23.1 Å². The number of aliphatic carboxylic acids is 1. The Balaban J connectivity index is 1.97. The zero-order valence-electron chi connectivity index (χ0n) is 15.4. The minimum Gasteiger partial charge on any atom is -0.481 e. The van der Waals surface area contributed by atoms with E-state index in [2.05, 4.69) is 10.3 Å². The third-order valence-corrected chi connectivity index (χ3v) is 4.29. The van der Waals surface area contributed by atoms with Crippen LogP contribution in [-0.2, 0) is 16.1 Å². The Morgan fingerprint density at radius 2 is 2.04 bits per heavy atom. The summed E-state index contributed by atoms with van der Waals surface area (Å²) in [5, 5.41) is 12.4. The van der Waals surface area contributed by atoms with Crippen LogP contribution in [0.15, 0.2) is 29.3 Å². The first kappa shape index (κ1) is 19.6. The van der Waals surface area contributed by atoms with Gasteiger partial charge in [-0.15, -0.1) is 0 Å². The van der Waals surface area contributed by atoms with E-state index < -0.39 is 11.9 Å². The van der Waals surface area contributed by atoms with Crippen molar-refractivity contribution in [3.8, 4) is 0 Å². The van der Waals surface area contributed by atoms with Crippen LogP contribution in [0.25, 0.3) is 10.9 Å². The van der Waals surface area contributed by atoms with Crippen molar-refractivity contribution in [1.82, 2.24) is 14.9 Å². The molecule has 1 unspecified atom stereocenters. The van der Waals surface area contributed by atoms with E-state index in [0.29, 0.717) is 17.3 Å². The maximum Gasteiger partial charge on any atom is 0.308 e. The molecule has 1 heterocycles. The summed E-state index contributed by atoms with van der Waals surface area (Å²) in [6, 6.07) is 5.42. The molecule has 0 aliphatic carbocycles. The average molecular weight is 359 g/mol. The van der Waals surface area contributed by atoms with Crippen LogP contribution < -0.4 is 10.9 Å². The van der Waals surface area contributed by atoms with E-state index in [9.17, 15) is 19.5 Å². The van der Waals surface area contributed by atoms with E-state index in [-0.39, 0.29) is 36.9 Å². The van der Waals surface area contributed by atoms with Gasteiger partial charge in [-0.1, -0.05) is 26.0 Å². The molecule has 0 saturated heterocycles. The molecule has 0 aliphatic heterocycles. The molecule has 1 aromatic heterocycles. The largest absolute Gasteiger partial charge is 0.481 e. The molecule has 0 fully saturated rings. The van der Waals surface area contributed by atoms with Crippen LogP contribution in [0, 0.1) is 18.8 Å². The number of rotatable bonds is 8. The molecule has 26 heavy (non-hydrogen) atoms. The first-order valence-corrected chi connectivity index (χ1v) is 8.74. The number of carboxylic acids is 1. The summed E-state index contributed by atoms with van der Waals surface area (Å²) >= 11 is 0. The normalized spacial score (nSPS) is 12.3. The molecule has 2 rings (SSSR count). The maximum absolute atomic E-state index is 12.5. The smallest absolute Gasteiger partial charge is 0.308 e. The molecule has 2 N–H and O–H groups in total. The van der Waals surface area contributed by atoms with Crippen LogP contribution in [0.1, 0.15) is 32.3 Å². The first-order valence-electron chi connectivity index (χ1n) is 8.74. The van der Waals surface area contributed by atoms with Gasteiger partial charge in [-0.05, 0) is 30.9 Å². The van der Waals surface area contributed by atoms with Crippen LogP contribution in [0.2, 0.25) is 0 Å². The Hall–Kier alpha value is -2.70. The molecular weight excluding hydrogens is 334 g/mol. The van der Waals surface area contributed by atoms with Crippen molar-refractivity contribution in [2.24, 2.45) is 11.8 Å². The number of hydrogen-bond donors (Lipinski definition) is 2. The van der Waals surface area contributed by atoms with Crippen LogP contribution in [0.3, 0.4) is 0 Å². The lowest BCUT2D eigenvalue weighted by atomic mass is 9.97. The second-order valence-electron chi connectivity index (χ2n) is 6.93. The highest BCUT2D eigenvalue weighted by molar-refractivity contribution is 5.80. The fourth-order valence-corrected chi connectivity index (χ4v) is 2.88. The van der Waals surface area contributed by atoms with E-state index in [0.717, 1.165) is 5.56 Å². The van der Waals surface area contributed by atoms with Gasteiger partial charge < -0.3 is 10.4 Å². The summed E-state index contributed by atoms with van der Waals surface area (Å²) in [5.41, 5.74) is 1.40. The van der Waals surface area contributed by atoms with Gasteiger partial charge >= 0.3 is 5.97 Å². The summed E-state index contributed by atoms with van der Waals surface area (Å²) in [7, 11) is 0. The van der Waals surface area contributed by atoms with Gasteiger partial charge in [0.25, 0.3) is 5.56 Å². The molecule has 0 bridgehead atoms. The number of nitrogens with zero attached hydrogens (tertiary/aromatic N) is 2. The zero-order chi connectivity index (χ0) is 19.3. The molecule has 1 atom stereocenters. The molecule has 0 radical (unpaired) electrons. The average Bonchev–Trinajstić information content (AvgIpc) is 2.58. The number of para-hydroxylation sites is 1. The molecule has 0 saturated carbocycles. The highest BCUT2D eigenvalue weighted by Gasteiger charge is 2.19. The lowest BCUT2D eigenvalue weighted by molar-refractivity contribution is -0.142. The number of nitrogens with one attached hydrogen (secondary N) is 1. The molecule has 140 valence electrons. The Labute approximate surface area is 152 Å². The Kier molecular flexibility index (Phi) is 6.49. The van der Waals surface area contributed by atoms with Gasteiger partial charge in [0.1, 0.15) is 0 Å². The number of fused-ring (bicyclic) bond motifs is 1. The van der Waals surface area contributed by atoms with Crippen LogP contribution in [0.5, 0.6) is 0 Å². The fraction of sp³-hybridized carbons (Fsp3) is 0.474. The van der Waals surface area contributed by atoms with Crippen molar-refractivity contribution >= 4 is 22.8 Å². The summed E-state index contributed by atoms with van der Waals surface area (Å²) in [4.78, 5) is 40.0.